The summed E-state index contributed by atoms with van der Waals surface area (Å²) >= 11 is 0. The van der Waals surface area contributed by atoms with Crippen LogP contribution in [0, 0.1) is 11.3 Å². The van der Waals surface area contributed by atoms with Gasteiger partial charge in [0.15, 0.2) is 11.5 Å². The van der Waals surface area contributed by atoms with Gasteiger partial charge in [-0.3, -0.25) is 4.40 Å². The number of imidazole rings is 1. The number of pyridine rings is 1. The molecule has 2 N–H and O–H groups in total. The Balaban J connectivity index is 1.51. The first-order chi connectivity index (χ1) is 15.2. The molecular weight excluding hydrogens is 394 g/mol. The summed E-state index contributed by atoms with van der Waals surface area (Å²) in [6.07, 6.45) is 5.14. The summed E-state index contributed by atoms with van der Waals surface area (Å²) < 4.78 is 12.6. The molecule has 9 nitrogen and oxygen atoms in total. The van der Waals surface area contributed by atoms with E-state index in [4.69, 9.17) is 19.7 Å². The second-order valence-corrected chi connectivity index (χ2v) is 6.59. The van der Waals surface area contributed by atoms with Gasteiger partial charge in [-0.25, -0.2) is 15.0 Å². The first-order valence-electron chi connectivity index (χ1n) is 9.62. The van der Waals surface area contributed by atoms with Gasteiger partial charge in [0, 0.05) is 43.3 Å². The average Bonchev–Trinajstić information content (AvgIpc) is 3.30. The Bertz CT molecular complexity index is 1230. The molecule has 0 aliphatic carbocycles. The molecule has 31 heavy (non-hydrogen) atoms. The van der Waals surface area contributed by atoms with E-state index in [9.17, 15) is 0 Å². The number of methoxy groups -OCH3 is 2. The molecule has 0 atom stereocenters. The van der Waals surface area contributed by atoms with Crippen molar-refractivity contribution in [3.05, 3.63) is 60.6 Å². The minimum absolute atomic E-state index is 0.530. The van der Waals surface area contributed by atoms with Crippen LogP contribution in [0.3, 0.4) is 0 Å². The number of nitrogens with zero attached hydrogens (tertiary/aromatic N) is 5. The molecule has 9 heteroatoms. The summed E-state index contributed by atoms with van der Waals surface area (Å²) in [6, 6.07) is 13.2. The number of ether oxygens (including phenoxy) is 2. The highest BCUT2D eigenvalue weighted by Gasteiger charge is 2.11. The molecule has 0 unspecified atom stereocenters. The van der Waals surface area contributed by atoms with Gasteiger partial charge in [0.25, 0.3) is 0 Å². The molecule has 0 saturated carbocycles. The summed E-state index contributed by atoms with van der Waals surface area (Å²) in [7, 11) is 3.21. The fraction of sp³-hybridized carbons (Fsp3) is 0.182. The fourth-order valence-electron chi connectivity index (χ4n) is 3.12. The largest absolute Gasteiger partial charge is 0.493 e. The normalized spacial score (nSPS) is 10.5. The Morgan fingerprint density at radius 2 is 1.84 bits per heavy atom. The molecule has 4 rings (SSSR count). The zero-order valence-electron chi connectivity index (χ0n) is 17.2. The third-order valence-electron chi connectivity index (χ3n) is 4.68. The lowest BCUT2D eigenvalue weighted by molar-refractivity contribution is 0.355. The van der Waals surface area contributed by atoms with E-state index in [0.29, 0.717) is 41.9 Å². The Morgan fingerprint density at radius 3 is 2.58 bits per heavy atom. The summed E-state index contributed by atoms with van der Waals surface area (Å²) in [5.74, 6) is 2.68. The Hall–Kier alpha value is -4.32. The van der Waals surface area contributed by atoms with E-state index in [1.165, 1.54) is 0 Å². The van der Waals surface area contributed by atoms with Crippen molar-refractivity contribution in [3.63, 3.8) is 0 Å². The molecule has 0 amide bonds. The van der Waals surface area contributed by atoms with Gasteiger partial charge in [-0.15, -0.1) is 0 Å². The van der Waals surface area contributed by atoms with Crippen molar-refractivity contribution in [1.29, 1.82) is 5.26 Å². The summed E-state index contributed by atoms with van der Waals surface area (Å²) in [6.45, 7) is 1.23. The van der Waals surface area contributed by atoms with Gasteiger partial charge in [-0.2, -0.15) is 5.26 Å². The molecular formula is C22H21N7O2. The van der Waals surface area contributed by atoms with E-state index in [2.05, 4.69) is 26.7 Å². The number of rotatable bonds is 8. The van der Waals surface area contributed by atoms with Crippen LogP contribution in [0.15, 0.2) is 55.0 Å². The van der Waals surface area contributed by atoms with Crippen LogP contribution in [0.2, 0.25) is 0 Å². The fourth-order valence-corrected chi connectivity index (χ4v) is 3.12. The highest BCUT2D eigenvalue weighted by atomic mass is 16.5. The van der Waals surface area contributed by atoms with Crippen molar-refractivity contribution in [2.75, 3.05) is 37.9 Å². The van der Waals surface area contributed by atoms with Gasteiger partial charge in [0.1, 0.15) is 17.5 Å². The Morgan fingerprint density at radius 1 is 1.00 bits per heavy atom. The van der Waals surface area contributed by atoms with Crippen LogP contribution in [0.25, 0.3) is 16.9 Å². The van der Waals surface area contributed by atoms with E-state index in [0.717, 1.165) is 16.9 Å². The van der Waals surface area contributed by atoms with Gasteiger partial charge in [0.2, 0.25) is 5.95 Å². The number of hydrogen-bond acceptors (Lipinski definition) is 8. The number of hydrogen-bond donors (Lipinski definition) is 2. The first kappa shape index (κ1) is 20.0. The lowest BCUT2D eigenvalue weighted by Crippen LogP contribution is -2.16. The monoisotopic (exact) mass is 415 g/mol. The van der Waals surface area contributed by atoms with Crippen LogP contribution in [-0.4, -0.2) is 46.7 Å². The Labute approximate surface area is 179 Å². The lowest BCUT2D eigenvalue weighted by Gasteiger charge is -2.13. The van der Waals surface area contributed by atoms with Crippen molar-refractivity contribution in [1.82, 2.24) is 19.4 Å². The van der Waals surface area contributed by atoms with E-state index in [-0.39, 0.29) is 0 Å². The van der Waals surface area contributed by atoms with Crippen molar-refractivity contribution in [2.45, 2.75) is 0 Å². The van der Waals surface area contributed by atoms with E-state index < -0.39 is 0 Å². The molecule has 4 aromatic rings. The van der Waals surface area contributed by atoms with Crippen LogP contribution in [0.1, 0.15) is 5.56 Å². The highest BCUT2D eigenvalue weighted by molar-refractivity contribution is 5.69. The van der Waals surface area contributed by atoms with Crippen LogP contribution >= 0.6 is 0 Å². The van der Waals surface area contributed by atoms with Crippen molar-refractivity contribution >= 4 is 17.4 Å². The summed E-state index contributed by atoms with van der Waals surface area (Å²) in [5.41, 5.74) is 2.97. The maximum atomic E-state index is 8.85. The number of anilines is 2. The molecule has 0 spiro atoms. The molecule has 0 radical (unpaired) electrons. The minimum Gasteiger partial charge on any atom is -0.493 e. The van der Waals surface area contributed by atoms with Crippen molar-refractivity contribution in [2.24, 2.45) is 0 Å². The molecule has 0 aliphatic rings. The molecule has 3 heterocycles. The van der Waals surface area contributed by atoms with Crippen LogP contribution in [-0.2, 0) is 0 Å². The molecule has 0 aliphatic heterocycles. The van der Waals surface area contributed by atoms with Crippen molar-refractivity contribution < 1.29 is 9.47 Å². The summed E-state index contributed by atoms with van der Waals surface area (Å²) in [4.78, 5) is 13.4. The van der Waals surface area contributed by atoms with Gasteiger partial charge in [-0.05, 0) is 30.3 Å². The maximum Gasteiger partial charge on any atom is 0.209 e. The van der Waals surface area contributed by atoms with Gasteiger partial charge in [0.05, 0.1) is 25.5 Å². The third kappa shape index (κ3) is 4.33. The first-order valence-corrected chi connectivity index (χ1v) is 9.62. The van der Waals surface area contributed by atoms with E-state index in [1.807, 2.05) is 34.9 Å². The number of fused-ring (bicyclic) bond motifs is 1. The quantitative estimate of drug-likeness (QED) is 0.422. The van der Waals surface area contributed by atoms with Gasteiger partial charge >= 0.3 is 0 Å². The number of nitrogens with one attached hydrogen (secondary N) is 2. The number of nitriles is 1. The van der Waals surface area contributed by atoms with Gasteiger partial charge < -0.3 is 20.1 Å². The van der Waals surface area contributed by atoms with E-state index >= 15 is 0 Å². The highest BCUT2D eigenvalue weighted by Crippen LogP contribution is 2.32. The number of aromatic nitrogens is 4. The second-order valence-electron chi connectivity index (χ2n) is 6.59. The molecule has 1 aromatic carbocycles. The molecule has 0 bridgehead atoms. The zero-order valence-corrected chi connectivity index (χ0v) is 17.2. The minimum atomic E-state index is 0.530. The SMILES string of the molecule is COc1ccc(-c2cc3nccn3c(NCCNc3ccc(C#N)cn3)n2)cc1OC. The average molecular weight is 415 g/mol. The molecule has 3 aromatic heterocycles. The topological polar surface area (TPSA) is 109 Å². The maximum absolute atomic E-state index is 8.85. The van der Waals surface area contributed by atoms with Gasteiger partial charge in [-0.1, -0.05) is 0 Å². The predicted octanol–water partition coefficient (Wildman–Crippen LogP) is 3.20. The van der Waals surface area contributed by atoms with Crippen LogP contribution in [0.5, 0.6) is 11.5 Å². The molecule has 156 valence electrons. The Kier molecular flexibility index (Phi) is 5.80. The zero-order chi connectivity index (χ0) is 21.6. The second kappa shape index (κ2) is 9.00. The number of benzene rings is 1. The molecule has 0 saturated heterocycles. The van der Waals surface area contributed by atoms with Crippen LogP contribution in [0.4, 0.5) is 11.8 Å². The third-order valence-corrected chi connectivity index (χ3v) is 4.68. The van der Waals surface area contributed by atoms with Crippen LogP contribution < -0.4 is 20.1 Å². The standard InChI is InChI=1S/C22H21N7O2/c1-30-18-5-4-16(11-19(18)31-2)17-12-21-25-9-10-29(21)22(28-17)26-8-7-24-20-6-3-15(13-23)14-27-20/h3-6,9-12,14H,7-8H2,1-2H3,(H,24,27)(H,26,28). The predicted molar refractivity (Wildman–Crippen MR) is 117 cm³/mol. The van der Waals surface area contributed by atoms with E-state index in [1.54, 1.807) is 38.7 Å². The summed E-state index contributed by atoms with van der Waals surface area (Å²) in [5, 5.41) is 15.4. The molecule has 0 fully saturated rings. The van der Waals surface area contributed by atoms with Crippen molar-refractivity contribution in [3.8, 4) is 28.8 Å². The smallest absolute Gasteiger partial charge is 0.209 e. The lowest BCUT2D eigenvalue weighted by atomic mass is 10.1.